The Labute approximate surface area is 180 Å². The van der Waals surface area contributed by atoms with Gasteiger partial charge in [-0.05, 0) is 51.9 Å². The predicted molar refractivity (Wildman–Crippen MR) is 121 cm³/mol. The average Bonchev–Trinajstić information content (AvgIpc) is 2.67. The van der Waals surface area contributed by atoms with Crippen molar-refractivity contribution < 1.29 is 4.79 Å². The maximum absolute atomic E-state index is 13.4. The van der Waals surface area contributed by atoms with E-state index in [0.29, 0.717) is 16.5 Å². The van der Waals surface area contributed by atoms with Gasteiger partial charge in [-0.2, -0.15) is 0 Å². The van der Waals surface area contributed by atoms with Gasteiger partial charge in [0.1, 0.15) is 0 Å². The van der Waals surface area contributed by atoms with Gasteiger partial charge in [0, 0.05) is 29.3 Å². The summed E-state index contributed by atoms with van der Waals surface area (Å²) in [6.07, 6.45) is 1.39. The van der Waals surface area contributed by atoms with Gasteiger partial charge in [-0.3, -0.25) is 4.79 Å². The highest BCUT2D eigenvalue weighted by Crippen LogP contribution is 2.51. The summed E-state index contributed by atoms with van der Waals surface area (Å²) < 4.78 is 0. The number of ketones is 1. The van der Waals surface area contributed by atoms with E-state index in [1.54, 1.807) is 0 Å². The van der Waals surface area contributed by atoms with Crippen LogP contribution in [-0.2, 0) is 4.79 Å². The molecule has 0 unspecified atom stereocenters. The van der Waals surface area contributed by atoms with Crippen molar-refractivity contribution in [1.29, 1.82) is 0 Å². The Balaban J connectivity index is 1.82. The summed E-state index contributed by atoms with van der Waals surface area (Å²) in [5, 5.41) is 6.94. The number of rotatable bonds is 1. The predicted octanol–water partition coefficient (Wildman–Crippen LogP) is 7.35. The third-order valence-corrected chi connectivity index (χ3v) is 6.77. The summed E-state index contributed by atoms with van der Waals surface area (Å²) >= 11 is 12.6. The van der Waals surface area contributed by atoms with E-state index < -0.39 is 0 Å². The van der Waals surface area contributed by atoms with Crippen molar-refractivity contribution in [2.75, 3.05) is 5.32 Å². The third-order valence-electron chi connectivity index (χ3n) is 6.03. The zero-order chi connectivity index (χ0) is 20.3. The lowest BCUT2D eigenvalue weighted by atomic mass is 9.68. The number of nitrogens with one attached hydrogen (secondary N) is 1. The lowest BCUT2D eigenvalue weighted by molar-refractivity contribution is -0.118. The van der Waals surface area contributed by atoms with Gasteiger partial charge in [0.2, 0.25) is 0 Å². The lowest BCUT2D eigenvalue weighted by Gasteiger charge is -2.40. The van der Waals surface area contributed by atoms with Gasteiger partial charge in [0.05, 0.1) is 10.0 Å². The second-order valence-corrected chi connectivity index (χ2v) is 9.63. The number of benzene rings is 3. The molecule has 1 aliphatic carbocycles. The summed E-state index contributed by atoms with van der Waals surface area (Å²) in [4.78, 5) is 13.4. The molecule has 5 rings (SSSR count). The second-order valence-electron chi connectivity index (χ2n) is 8.81. The van der Waals surface area contributed by atoms with Crippen molar-refractivity contribution in [3.8, 4) is 0 Å². The number of anilines is 1. The third kappa shape index (κ3) is 3.06. The van der Waals surface area contributed by atoms with Crippen LogP contribution >= 0.6 is 23.2 Å². The number of hydrogen-bond donors (Lipinski definition) is 1. The van der Waals surface area contributed by atoms with Crippen LogP contribution in [0.2, 0.25) is 10.0 Å². The minimum absolute atomic E-state index is 0.0561. The van der Waals surface area contributed by atoms with Crippen molar-refractivity contribution in [1.82, 2.24) is 0 Å². The molecule has 3 aromatic rings. The van der Waals surface area contributed by atoms with Crippen LogP contribution in [0.15, 0.2) is 65.9 Å². The number of carbonyl (C=O) groups excluding carboxylic acids is 1. The molecule has 2 aliphatic rings. The Morgan fingerprint density at radius 1 is 0.966 bits per heavy atom. The molecule has 4 heteroatoms. The van der Waals surface area contributed by atoms with Crippen molar-refractivity contribution in [2.24, 2.45) is 5.41 Å². The van der Waals surface area contributed by atoms with Crippen molar-refractivity contribution in [3.05, 3.63) is 87.0 Å². The molecule has 1 heterocycles. The Morgan fingerprint density at radius 2 is 1.76 bits per heavy atom. The van der Waals surface area contributed by atoms with E-state index >= 15 is 0 Å². The van der Waals surface area contributed by atoms with E-state index in [9.17, 15) is 4.79 Å². The number of fused-ring (bicyclic) bond motifs is 3. The zero-order valence-electron chi connectivity index (χ0n) is 16.4. The number of hydrogen-bond acceptors (Lipinski definition) is 2. The summed E-state index contributed by atoms with van der Waals surface area (Å²) in [6, 6.07) is 18.3. The fraction of sp³-hybridized carbons (Fsp3) is 0.240. The lowest BCUT2D eigenvalue weighted by Crippen LogP contribution is -2.33. The van der Waals surface area contributed by atoms with Crippen molar-refractivity contribution >= 4 is 45.4 Å². The molecule has 0 spiro atoms. The van der Waals surface area contributed by atoms with Crippen molar-refractivity contribution in [3.63, 3.8) is 0 Å². The van der Waals surface area contributed by atoms with Crippen LogP contribution in [0.4, 0.5) is 5.69 Å². The number of allylic oxidation sites excluding steroid dienone is 2. The molecule has 2 nitrogen and oxygen atoms in total. The maximum Gasteiger partial charge on any atom is 0.162 e. The number of carbonyl (C=O) groups is 1. The minimum Gasteiger partial charge on any atom is -0.358 e. The van der Waals surface area contributed by atoms with E-state index in [-0.39, 0.29) is 17.1 Å². The highest BCUT2D eigenvalue weighted by molar-refractivity contribution is 6.42. The van der Waals surface area contributed by atoms with Crippen LogP contribution in [0.25, 0.3) is 10.8 Å². The largest absolute Gasteiger partial charge is 0.358 e. The van der Waals surface area contributed by atoms with E-state index in [1.165, 1.54) is 0 Å². The first-order chi connectivity index (χ1) is 13.8. The monoisotopic (exact) mass is 421 g/mol. The topological polar surface area (TPSA) is 29.1 Å². The second kappa shape index (κ2) is 6.62. The first-order valence-electron chi connectivity index (χ1n) is 9.84. The molecule has 0 fully saturated rings. The van der Waals surface area contributed by atoms with E-state index in [0.717, 1.165) is 45.3 Å². The first-order valence-corrected chi connectivity index (χ1v) is 10.6. The molecular formula is C25H21Cl2NO. The molecular weight excluding hydrogens is 401 g/mol. The Hall–Kier alpha value is -2.29. The van der Waals surface area contributed by atoms with E-state index in [1.807, 2.05) is 30.3 Å². The quantitative estimate of drug-likeness (QED) is 0.444. The molecule has 146 valence electrons. The molecule has 0 radical (unpaired) electrons. The Kier molecular flexibility index (Phi) is 4.27. The average molecular weight is 422 g/mol. The highest BCUT2D eigenvalue weighted by atomic mass is 35.5. The number of halogens is 2. The normalized spacial score (nSPS) is 20.3. The van der Waals surface area contributed by atoms with Crippen molar-refractivity contribution in [2.45, 2.75) is 32.6 Å². The van der Waals surface area contributed by atoms with Gasteiger partial charge < -0.3 is 5.32 Å². The summed E-state index contributed by atoms with van der Waals surface area (Å²) in [7, 11) is 0. The summed E-state index contributed by atoms with van der Waals surface area (Å²) in [5.41, 5.74) is 5.03. The summed E-state index contributed by atoms with van der Waals surface area (Å²) in [6.45, 7) is 4.31. The highest BCUT2D eigenvalue weighted by Gasteiger charge is 2.41. The molecule has 0 bridgehead atoms. The molecule has 0 saturated heterocycles. The van der Waals surface area contributed by atoms with Crippen LogP contribution in [0.5, 0.6) is 0 Å². The SMILES string of the molecule is CC1(C)CC(=O)C2=C(C1)Nc1ccc3ccccc3c1[C@H]2c1ccc(Cl)c(Cl)c1. The molecule has 0 saturated carbocycles. The van der Waals surface area contributed by atoms with Crippen LogP contribution in [0, 0.1) is 5.41 Å². The van der Waals surface area contributed by atoms with Gasteiger partial charge in [0.25, 0.3) is 0 Å². The minimum atomic E-state index is -0.161. The smallest absolute Gasteiger partial charge is 0.162 e. The van der Waals surface area contributed by atoms with Gasteiger partial charge in [-0.15, -0.1) is 0 Å². The van der Waals surface area contributed by atoms with Crippen LogP contribution in [-0.4, -0.2) is 5.78 Å². The van der Waals surface area contributed by atoms with E-state index in [2.05, 4.69) is 43.4 Å². The zero-order valence-corrected chi connectivity index (χ0v) is 17.9. The van der Waals surface area contributed by atoms with Gasteiger partial charge in [0.15, 0.2) is 5.78 Å². The van der Waals surface area contributed by atoms with E-state index in [4.69, 9.17) is 23.2 Å². The number of Topliss-reactive ketones (excluding diaryl/α,β-unsaturated/α-hetero) is 1. The fourth-order valence-electron chi connectivity index (χ4n) is 4.83. The van der Waals surface area contributed by atoms with Crippen LogP contribution in [0.1, 0.15) is 43.7 Å². The molecule has 1 aliphatic heterocycles. The molecule has 3 aromatic carbocycles. The molecule has 0 amide bonds. The fourth-order valence-corrected chi connectivity index (χ4v) is 5.14. The van der Waals surface area contributed by atoms with Gasteiger partial charge in [-0.1, -0.05) is 73.4 Å². The summed E-state index contributed by atoms with van der Waals surface area (Å²) in [5.74, 6) is 0.0455. The standard InChI is InChI=1S/C25H21Cl2NO/c1-25(2)12-20-24(21(29)13-25)22(15-7-9-17(26)18(27)11-15)23-16-6-4-3-5-14(16)8-10-19(23)28-20/h3-11,22,28H,12-13H2,1-2H3/t22-/m1/s1. The van der Waals surface area contributed by atoms with Gasteiger partial charge in [-0.25, -0.2) is 0 Å². The molecule has 1 N–H and O–H groups in total. The molecule has 1 atom stereocenters. The van der Waals surface area contributed by atoms with Crippen LogP contribution in [0.3, 0.4) is 0 Å². The van der Waals surface area contributed by atoms with Crippen LogP contribution < -0.4 is 5.32 Å². The Morgan fingerprint density at radius 3 is 2.55 bits per heavy atom. The molecule has 29 heavy (non-hydrogen) atoms. The maximum atomic E-state index is 13.4. The Bertz CT molecular complexity index is 1210. The molecule has 0 aromatic heterocycles. The van der Waals surface area contributed by atoms with Gasteiger partial charge >= 0.3 is 0 Å². The first kappa shape index (κ1) is 18.7.